The van der Waals surface area contributed by atoms with Gasteiger partial charge in [0.15, 0.2) is 0 Å². The Labute approximate surface area is 195 Å². The molecular formula is C26H28N2O4S. The van der Waals surface area contributed by atoms with Gasteiger partial charge < -0.3 is 9.64 Å². The van der Waals surface area contributed by atoms with Crippen LogP contribution in [-0.2, 0) is 10.1 Å². The van der Waals surface area contributed by atoms with E-state index in [1.54, 1.807) is 6.07 Å². The van der Waals surface area contributed by atoms with Gasteiger partial charge in [-0.25, -0.2) is 0 Å². The molecule has 33 heavy (non-hydrogen) atoms. The summed E-state index contributed by atoms with van der Waals surface area (Å²) in [6.45, 7) is 2.32. The number of fused-ring (bicyclic) bond motifs is 4. The molecular weight excluding hydrogens is 436 g/mol. The Morgan fingerprint density at radius 3 is 2.61 bits per heavy atom. The predicted molar refractivity (Wildman–Crippen MR) is 127 cm³/mol. The molecule has 0 aromatic heterocycles. The Hall–Kier alpha value is -2.66. The van der Waals surface area contributed by atoms with Crippen LogP contribution in [0.5, 0.6) is 11.5 Å². The molecule has 0 amide bonds. The van der Waals surface area contributed by atoms with Crippen molar-refractivity contribution < 1.29 is 17.7 Å². The molecule has 0 radical (unpaired) electrons. The second-order valence-electron chi connectivity index (χ2n) is 9.42. The monoisotopic (exact) mass is 464 g/mol. The van der Waals surface area contributed by atoms with E-state index in [2.05, 4.69) is 11.0 Å². The quantitative estimate of drug-likeness (QED) is 0.642. The lowest BCUT2D eigenvalue weighted by Gasteiger charge is -2.28. The maximum atomic E-state index is 12.1. The summed E-state index contributed by atoms with van der Waals surface area (Å²) < 4.78 is 40.4. The van der Waals surface area contributed by atoms with Crippen LogP contribution in [0.4, 0.5) is 0 Å². The molecule has 1 aliphatic carbocycles. The standard InChI is InChI=1S/C26H28N2O4S/c27-14-19-9-10-25-23(13-19)21-11-12-28(15-18-5-1-2-6-18)16-20(17-33(29,30)31)26(21)22-7-3-4-8-24(22)32-25/h3-4,7-10,13,18,20H,1-2,5-6,11-12,15-17H2,(H,29,30,31). The van der Waals surface area contributed by atoms with Crippen molar-refractivity contribution in [2.75, 3.05) is 25.4 Å². The molecule has 1 N–H and O–H groups in total. The van der Waals surface area contributed by atoms with Gasteiger partial charge >= 0.3 is 0 Å². The van der Waals surface area contributed by atoms with Crippen LogP contribution in [0, 0.1) is 23.2 Å². The Kier molecular flexibility index (Phi) is 6.00. The minimum Gasteiger partial charge on any atom is -0.456 e. The molecule has 0 saturated heterocycles. The third kappa shape index (κ3) is 4.70. The fraction of sp³-hybridized carbons (Fsp3) is 0.423. The molecule has 1 saturated carbocycles. The highest BCUT2D eigenvalue weighted by Gasteiger charge is 2.35. The van der Waals surface area contributed by atoms with Crippen molar-refractivity contribution in [3.63, 3.8) is 0 Å². The summed E-state index contributed by atoms with van der Waals surface area (Å²) in [4.78, 5) is 2.37. The molecule has 2 aromatic rings. The molecule has 1 fully saturated rings. The topological polar surface area (TPSA) is 90.6 Å². The molecule has 1 atom stereocenters. The van der Waals surface area contributed by atoms with E-state index in [-0.39, 0.29) is 5.75 Å². The van der Waals surface area contributed by atoms with E-state index >= 15 is 0 Å². The minimum atomic E-state index is -4.20. The van der Waals surface area contributed by atoms with E-state index in [9.17, 15) is 18.2 Å². The van der Waals surface area contributed by atoms with Gasteiger partial charge in [-0.2, -0.15) is 13.7 Å². The van der Waals surface area contributed by atoms with Gasteiger partial charge in [0.2, 0.25) is 0 Å². The molecule has 1 unspecified atom stereocenters. The van der Waals surface area contributed by atoms with Gasteiger partial charge in [0.1, 0.15) is 11.5 Å². The normalized spacial score (nSPS) is 21.3. The van der Waals surface area contributed by atoms with Crippen molar-refractivity contribution in [1.82, 2.24) is 4.90 Å². The van der Waals surface area contributed by atoms with E-state index in [4.69, 9.17) is 4.74 Å². The summed E-state index contributed by atoms with van der Waals surface area (Å²) >= 11 is 0. The van der Waals surface area contributed by atoms with E-state index in [1.807, 2.05) is 36.4 Å². The molecule has 7 heteroatoms. The van der Waals surface area contributed by atoms with Gasteiger partial charge in [-0.3, -0.25) is 4.55 Å². The molecule has 0 bridgehead atoms. The smallest absolute Gasteiger partial charge is 0.265 e. The van der Waals surface area contributed by atoms with Crippen LogP contribution in [0.1, 0.15) is 48.8 Å². The molecule has 5 rings (SSSR count). The third-order valence-corrected chi connectivity index (χ3v) is 7.95. The lowest BCUT2D eigenvalue weighted by molar-refractivity contribution is 0.226. The van der Waals surface area contributed by atoms with Gasteiger partial charge in [-0.1, -0.05) is 31.0 Å². The summed E-state index contributed by atoms with van der Waals surface area (Å²) in [5, 5.41) is 9.51. The molecule has 2 aromatic carbocycles. The zero-order chi connectivity index (χ0) is 23.0. The largest absolute Gasteiger partial charge is 0.456 e. The molecule has 3 aliphatic rings. The van der Waals surface area contributed by atoms with Crippen LogP contribution in [0.2, 0.25) is 0 Å². The zero-order valence-electron chi connectivity index (χ0n) is 18.5. The number of nitriles is 1. The number of hydrogen-bond donors (Lipinski definition) is 1. The van der Waals surface area contributed by atoms with Crippen LogP contribution in [0.3, 0.4) is 0 Å². The maximum Gasteiger partial charge on any atom is 0.265 e. The number of rotatable bonds is 4. The third-order valence-electron chi connectivity index (χ3n) is 7.12. The SMILES string of the molecule is N#Cc1ccc2c(c1)C1=C(c3ccccc3O2)C(CS(=O)(=O)O)CN(CC2CCCC2)CC1. The number of hydrogen-bond acceptors (Lipinski definition) is 5. The number of para-hydroxylation sites is 1. The summed E-state index contributed by atoms with van der Waals surface area (Å²) in [6.07, 6.45) is 5.69. The summed E-state index contributed by atoms with van der Waals surface area (Å²) in [7, 11) is -4.20. The highest BCUT2D eigenvalue weighted by molar-refractivity contribution is 7.85. The Bertz CT molecular complexity index is 1240. The van der Waals surface area contributed by atoms with Crippen molar-refractivity contribution >= 4 is 21.3 Å². The predicted octanol–water partition coefficient (Wildman–Crippen LogP) is 4.97. The average molecular weight is 465 g/mol. The summed E-state index contributed by atoms with van der Waals surface area (Å²) in [5.41, 5.74) is 4.15. The summed E-state index contributed by atoms with van der Waals surface area (Å²) in [5.74, 6) is 1.23. The van der Waals surface area contributed by atoms with E-state index in [1.165, 1.54) is 25.7 Å². The Morgan fingerprint density at radius 2 is 1.85 bits per heavy atom. The van der Waals surface area contributed by atoms with Crippen LogP contribution in [-0.4, -0.2) is 43.3 Å². The van der Waals surface area contributed by atoms with E-state index < -0.39 is 16.0 Å². The van der Waals surface area contributed by atoms with E-state index in [0.717, 1.165) is 41.8 Å². The lowest BCUT2D eigenvalue weighted by Crippen LogP contribution is -2.35. The number of benzene rings is 2. The number of nitrogens with zero attached hydrogens (tertiary/aromatic N) is 2. The highest BCUT2D eigenvalue weighted by atomic mass is 32.2. The minimum absolute atomic E-state index is 0.339. The maximum absolute atomic E-state index is 12.1. The first-order valence-corrected chi connectivity index (χ1v) is 13.2. The van der Waals surface area contributed by atoms with Gasteiger partial charge in [0, 0.05) is 36.7 Å². The Balaban J connectivity index is 1.66. The first-order valence-electron chi connectivity index (χ1n) is 11.6. The zero-order valence-corrected chi connectivity index (χ0v) is 19.4. The van der Waals surface area contributed by atoms with Crippen LogP contribution in [0.25, 0.3) is 11.1 Å². The summed E-state index contributed by atoms with van der Waals surface area (Å²) in [6, 6.07) is 15.3. The van der Waals surface area contributed by atoms with Crippen LogP contribution < -0.4 is 4.74 Å². The van der Waals surface area contributed by atoms with E-state index in [0.29, 0.717) is 29.5 Å². The fourth-order valence-electron chi connectivity index (χ4n) is 5.74. The molecule has 2 aliphatic heterocycles. The molecule has 0 spiro atoms. The van der Waals surface area contributed by atoms with Crippen molar-refractivity contribution in [2.24, 2.45) is 11.8 Å². The van der Waals surface area contributed by atoms with Crippen molar-refractivity contribution in [2.45, 2.75) is 32.1 Å². The van der Waals surface area contributed by atoms with Crippen molar-refractivity contribution in [3.8, 4) is 17.6 Å². The first-order chi connectivity index (χ1) is 15.9. The number of ether oxygens (including phenoxy) is 1. The average Bonchev–Trinajstić information content (AvgIpc) is 3.17. The van der Waals surface area contributed by atoms with Crippen LogP contribution in [0.15, 0.2) is 42.5 Å². The molecule has 2 heterocycles. The fourth-order valence-corrected chi connectivity index (χ4v) is 6.52. The second kappa shape index (κ2) is 8.94. The lowest BCUT2D eigenvalue weighted by atomic mass is 9.85. The molecule has 6 nitrogen and oxygen atoms in total. The van der Waals surface area contributed by atoms with Gasteiger partial charge in [0.25, 0.3) is 10.1 Å². The van der Waals surface area contributed by atoms with Gasteiger partial charge in [0.05, 0.1) is 17.4 Å². The highest BCUT2D eigenvalue weighted by Crippen LogP contribution is 2.48. The van der Waals surface area contributed by atoms with Gasteiger partial charge in [-0.15, -0.1) is 0 Å². The van der Waals surface area contributed by atoms with Gasteiger partial charge in [-0.05, 0) is 60.6 Å². The van der Waals surface area contributed by atoms with Crippen molar-refractivity contribution in [3.05, 3.63) is 59.2 Å². The first kappa shape index (κ1) is 22.1. The van der Waals surface area contributed by atoms with Crippen molar-refractivity contribution in [1.29, 1.82) is 5.26 Å². The Morgan fingerprint density at radius 1 is 1.09 bits per heavy atom. The van der Waals surface area contributed by atoms with Crippen LogP contribution >= 0.6 is 0 Å². The second-order valence-corrected chi connectivity index (χ2v) is 10.9. The molecule has 172 valence electrons.